The fourth-order valence-corrected chi connectivity index (χ4v) is 3.61. The van der Waals surface area contributed by atoms with Crippen molar-refractivity contribution in [1.29, 1.82) is 0 Å². The Morgan fingerprint density at radius 3 is 2.26 bits per heavy atom. The first kappa shape index (κ1) is 25.8. The molecule has 0 saturated carbocycles. The number of hydrogen-bond acceptors (Lipinski definition) is 4. The summed E-state index contributed by atoms with van der Waals surface area (Å²) in [7, 11) is 0. The Bertz CT molecular complexity index is 1110. The molecule has 0 saturated heterocycles. The first-order valence-corrected chi connectivity index (χ1v) is 12.0. The summed E-state index contributed by atoms with van der Waals surface area (Å²) in [6.45, 7) is 3.46. The second kappa shape index (κ2) is 13.8. The van der Waals surface area contributed by atoms with Gasteiger partial charge in [-0.15, -0.1) is 0 Å². The summed E-state index contributed by atoms with van der Waals surface area (Å²) in [6.07, 6.45) is 2.12. The molecule has 0 bridgehead atoms. The van der Waals surface area contributed by atoms with Crippen molar-refractivity contribution in [3.63, 3.8) is 0 Å². The van der Waals surface area contributed by atoms with Crippen molar-refractivity contribution in [2.75, 3.05) is 18.4 Å². The minimum atomic E-state index is -0.888. The number of amides is 1. The third-order valence-corrected chi connectivity index (χ3v) is 5.63. The molecule has 3 aromatic carbocycles. The molecular formula is C29H33N3O3. The summed E-state index contributed by atoms with van der Waals surface area (Å²) in [5.41, 5.74) is 4.23. The molecule has 3 rings (SSSR count). The van der Waals surface area contributed by atoms with E-state index in [1.165, 1.54) is 5.56 Å². The number of benzene rings is 3. The third-order valence-electron chi connectivity index (χ3n) is 5.63. The molecule has 6 nitrogen and oxygen atoms in total. The summed E-state index contributed by atoms with van der Waals surface area (Å²) in [5, 5.41) is 15.7. The van der Waals surface area contributed by atoms with Gasteiger partial charge in [0.1, 0.15) is 0 Å². The minimum Gasteiger partial charge on any atom is -0.481 e. The van der Waals surface area contributed by atoms with Crippen LogP contribution < -0.4 is 10.6 Å². The number of aliphatic carboxylic acids is 1. The van der Waals surface area contributed by atoms with Gasteiger partial charge in [0, 0.05) is 24.1 Å². The monoisotopic (exact) mass is 471 g/mol. The van der Waals surface area contributed by atoms with E-state index < -0.39 is 11.9 Å². The topological polar surface area (TPSA) is 90.8 Å². The third kappa shape index (κ3) is 8.50. The number of carboxylic acid groups (broad SMARTS) is 1. The average molecular weight is 472 g/mol. The minimum absolute atomic E-state index is 0.0492. The SMILES string of the molecule is CC(CN=C(c1ccccc1)c1ccccc1NC(=O)CCCCNCc1ccccc1)C(=O)O. The van der Waals surface area contributed by atoms with Gasteiger partial charge in [-0.3, -0.25) is 14.6 Å². The van der Waals surface area contributed by atoms with Crippen molar-refractivity contribution in [2.45, 2.75) is 32.7 Å². The molecule has 0 aliphatic heterocycles. The maximum absolute atomic E-state index is 12.7. The lowest BCUT2D eigenvalue weighted by molar-refractivity contribution is -0.140. The van der Waals surface area contributed by atoms with Crippen LogP contribution in [0.3, 0.4) is 0 Å². The van der Waals surface area contributed by atoms with Crippen LogP contribution in [0.25, 0.3) is 0 Å². The van der Waals surface area contributed by atoms with Gasteiger partial charge in [-0.1, -0.05) is 85.8 Å². The highest BCUT2D eigenvalue weighted by molar-refractivity contribution is 6.17. The van der Waals surface area contributed by atoms with Gasteiger partial charge in [-0.05, 0) is 31.0 Å². The molecule has 0 spiro atoms. The van der Waals surface area contributed by atoms with Crippen molar-refractivity contribution in [3.05, 3.63) is 102 Å². The molecule has 0 heterocycles. The van der Waals surface area contributed by atoms with E-state index in [1.807, 2.05) is 72.8 Å². The molecule has 0 aromatic heterocycles. The van der Waals surface area contributed by atoms with Crippen molar-refractivity contribution in [3.8, 4) is 0 Å². The van der Waals surface area contributed by atoms with Crippen molar-refractivity contribution in [1.82, 2.24) is 5.32 Å². The molecule has 6 heteroatoms. The maximum atomic E-state index is 12.7. The average Bonchev–Trinajstić information content (AvgIpc) is 2.88. The van der Waals surface area contributed by atoms with E-state index in [4.69, 9.17) is 0 Å². The Morgan fingerprint density at radius 2 is 1.54 bits per heavy atom. The predicted octanol–water partition coefficient (Wildman–Crippen LogP) is 5.14. The standard InChI is InChI=1S/C29H33N3O3/c1-22(29(34)35)20-31-28(24-14-6-3-7-15-24)25-16-8-9-17-26(25)32-27(33)18-10-11-19-30-21-23-12-4-2-5-13-23/h2-9,12-17,22,30H,10-11,18-21H2,1H3,(H,32,33)(H,34,35). The van der Waals surface area contributed by atoms with Crippen LogP contribution in [0, 0.1) is 5.92 Å². The Hall–Kier alpha value is -3.77. The molecule has 3 N–H and O–H groups in total. The first-order valence-electron chi connectivity index (χ1n) is 12.0. The van der Waals surface area contributed by atoms with Crippen LogP contribution in [0.4, 0.5) is 5.69 Å². The van der Waals surface area contributed by atoms with Crippen molar-refractivity contribution < 1.29 is 14.7 Å². The van der Waals surface area contributed by atoms with E-state index in [2.05, 4.69) is 27.8 Å². The van der Waals surface area contributed by atoms with Gasteiger partial charge in [0.15, 0.2) is 0 Å². The van der Waals surface area contributed by atoms with E-state index in [9.17, 15) is 14.7 Å². The number of anilines is 1. The number of carbonyl (C=O) groups excluding carboxylic acids is 1. The number of para-hydroxylation sites is 1. The number of aliphatic imine (C=N–C) groups is 1. The summed E-state index contributed by atoms with van der Waals surface area (Å²) < 4.78 is 0. The Balaban J connectivity index is 1.60. The van der Waals surface area contributed by atoms with Crippen LogP contribution in [-0.4, -0.2) is 35.8 Å². The largest absolute Gasteiger partial charge is 0.481 e. The first-order chi connectivity index (χ1) is 17.0. The van der Waals surface area contributed by atoms with Crippen LogP contribution in [0.5, 0.6) is 0 Å². The fourth-order valence-electron chi connectivity index (χ4n) is 3.61. The van der Waals surface area contributed by atoms with Gasteiger partial charge in [0.05, 0.1) is 23.9 Å². The fraction of sp³-hybridized carbons (Fsp3) is 0.276. The molecule has 0 aliphatic carbocycles. The lowest BCUT2D eigenvalue weighted by atomic mass is 10.00. The highest BCUT2D eigenvalue weighted by atomic mass is 16.4. The zero-order valence-corrected chi connectivity index (χ0v) is 20.1. The smallest absolute Gasteiger partial charge is 0.308 e. The molecule has 0 fully saturated rings. The van der Waals surface area contributed by atoms with E-state index in [-0.39, 0.29) is 12.5 Å². The molecule has 3 aromatic rings. The zero-order chi connectivity index (χ0) is 24.9. The molecule has 182 valence electrons. The van der Waals surface area contributed by atoms with E-state index >= 15 is 0 Å². The van der Waals surface area contributed by atoms with Gasteiger partial charge in [-0.2, -0.15) is 0 Å². The summed E-state index contributed by atoms with van der Waals surface area (Å²) in [4.78, 5) is 28.6. The molecule has 35 heavy (non-hydrogen) atoms. The van der Waals surface area contributed by atoms with Gasteiger partial charge in [0.25, 0.3) is 0 Å². The van der Waals surface area contributed by atoms with E-state index in [1.54, 1.807) is 6.92 Å². The number of unbranched alkanes of at least 4 members (excludes halogenated alkanes) is 1. The van der Waals surface area contributed by atoms with E-state index in [0.29, 0.717) is 17.8 Å². The maximum Gasteiger partial charge on any atom is 0.308 e. The summed E-state index contributed by atoms with van der Waals surface area (Å²) >= 11 is 0. The Morgan fingerprint density at radius 1 is 0.886 bits per heavy atom. The lowest BCUT2D eigenvalue weighted by Gasteiger charge is -2.15. The highest BCUT2D eigenvalue weighted by Gasteiger charge is 2.16. The highest BCUT2D eigenvalue weighted by Crippen LogP contribution is 2.21. The summed E-state index contributed by atoms with van der Waals surface area (Å²) in [6, 6.07) is 27.4. The predicted molar refractivity (Wildman–Crippen MR) is 141 cm³/mol. The molecule has 0 aliphatic rings. The second-order valence-electron chi connectivity index (χ2n) is 8.51. The summed E-state index contributed by atoms with van der Waals surface area (Å²) in [5.74, 6) is -1.54. The van der Waals surface area contributed by atoms with Crippen LogP contribution in [0.2, 0.25) is 0 Å². The van der Waals surface area contributed by atoms with Gasteiger partial charge >= 0.3 is 5.97 Å². The number of rotatable bonds is 13. The number of carboxylic acids is 1. The van der Waals surface area contributed by atoms with Crippen LogP contribution >= 0.6 is 0 Å². The van der Waals surface area contributed by atoms with Crippen molar-refractivity contribution in [2.24, 2.45) is 10.9 Å². The zero-order valence-electron chi connectivity index (χ0n) is 20.1. The quantitative estimate of drug-likeness (QED) is 0.238. The van der Waals surface area contributed by atoms with E-state index in [0.717, 1.165) is 37.1 Å². The van der Waals surface area contributed by atoms with Gasteiger partial charge < -0.3 is 15.7 Å². The number of nitrogens with zero attached hydrogens (tertiary/aromatic N) is 1. The molecule has 1 amide bonds. The Labute approximate surface area is 207 Å². The van der Waals surface area contributed by atoms with Gasteiger partial charge in [-0.25, -0.2) is 0 Å². The second-order valence-corrected chi connectivity index (χ2v) is 8.51. The number of carbonyl (C=O) groups is 2. The normalized spacial score (nSPS) is 12.2. The van der Waals surface area contributed by atoms with Crippen LogP contribution in [-0.2, 0) is 16.1 Å². The number of nitrogens with one attached hydrogen (secondary N) is 2. The van der Waals surface area contributed by atoms with Crippen molar-refractivity contribution >= 4 is 23.3 Å². The van der Waals surface area contributed by atoms with Crippen LogP contribution in [0.1, 0.15) is 42.9 Å². The van der Waals surface area contributed by atoms with Crippen LogP contribution in [0.15, 0.2) is 89.9 Å². The Kier molecular flexibility index (Phi) is 10.2. The molecular weight excluding hydrogens is 438 g/mol. The molecule has 1 atom stereocenters. The lowest BCUT2D eigenvalue weighted by Crippen LogP contribution is -2.18. The molecule has 0 radical (unpaired) electrons. The molecule has 1 unspecified atom stereocenters. The number of hydrogen-bond donors (Lipinski definition) is 3. The van der Waals surface area contributed by atoms with Gasteiger partial charge in [0.2, 0.25) is 5.91 Å².